The minimum atomic E-state index is 0.178. The predicted octanol–water partition coefficient (Wildman–Crippen LogP) is 7.62. The van der Waals surface area contributed by atoms with Crippen molar-refractivity contribution in [3.63, 3.8) is 0 Å². The molecule has 2 unspecified atom stereocenters. The van der Waals surface area contributed by atoms with E-state index in [1.54, 1.807) is 0 Å². The van der Waals surface area contributed by atoms with E-state index in [0.717, 1.165) is 16.5 Å². The number of rotatable bonds is 4. The topological polar surface area (TPSA) is 0 Å². The third-order valence-electron chi connectivity index (χ3n) is 2.07. The van der Waals surface area contributed by atoms with Crippen molar-refractivity contribution in [2.24, 2.45) is 0 Å². The number of hydrogen-bond acceptors (Lipinski definition) is 0. The van der Waals surface area contributed by atoms with Gasteiger partial charge in [-0.2, -0.15) is 0 Å². The van der Waals surface area contributed by atoms with Crippen LogP contribution in [0.3, 0.4) is 0 Å². The van der Waals surface area contributed by atoms with Gasteiger partial charge in [0.25, 0.3) is 0 Å². The van der Waals surface area contributed by atoms with Crippen molar-refractivity contribution in [1.82, 2.24) is 0 Å². The first kappa shape index (κ1) is 24.3. The molecule has 122 valence electrons. The summed E-state index contributed by atoms with van der Waals surface area (Å²) in [7, 11) is 2.45. The molecule has 4 heteroatoms. The van der Waals surface area contributed by atoms with Crippen molar-refractivity contribution in [2.75, 3.05) is 0 Å². The van der Waals surface area contributed by atoms with Gasteiger partial charge in [0.2, 0.25) is 0 Å². The van der Waals surface area contributed by atoms with Crippen LogP contribution >= 0.6 is 23.8 Å². The summed E-state index contributed by atoms with van der Waals surface area (Å²) < 4.78 is 3.03. The first-order valence-electron chi connectivity index (χ1n) is 7.79. The predicted molar refractivity (Wildman–Crippen MR) is 110 cm³/mol. The molecule has 0 saturated heterocycles. The third-order valence-corrected chi connectivity index (χ3v) is 19.5. The van der Waals surface area contributed by atoms with Crippen LogP contribution in [0.2, 0.25) is 8.87 Å². The van der Waals surface area contributed by atoms with Crippen molar-refractivity contribution in [1.29, 1.82) is 0 Å². The Hall–Kier alpha value is 2.09. The maximum atomic E-state index is 2.43. The Labute approximate surface area is 145 Å². The van der Waals surface area contributed by atoms with E-state index in [-0.39, 0.29) is 28.4 Å². The molecule has 0 rings (SSSR count). The average Bonchev–Trinajstić information content (AvgIpc) is 2.12. The van der Waals surface area contributed by atoms with Crippen LogP contribution in [0.25, 0.3) is 0 Å². The molecule has 2 atom stereocenters. The first-order chi connectivity index (χ1) is 8.73. The second kappa shape index (κ2) is 10.8. The Morgan fingerprint density at radius 2 is 1.00 bits per heavy atom. The molecular weight excluding hydrogens is 404 g/mol. The molecule has 2 radical (unpaired) electrons. The van der Waals surface area contributed by atoms with Gasteiger partial charge in [0.1, 0.15) is 0 Å². The van der Waals surface area contributed by atoms with Crippen LogP contribution < -0.4 is 0 Å². The zero-order valence-electron chi connectivity index (χ0n) is 15.9. The fourth-order valence-electron chi connectivity index (χ4n) is 1.28. The van der Waals surface area contributed by atoms with Gasteiger partial charge in [-0.05, 0) is 15.5 Å². The van der Waals surface area contributed by atoms with Crippen LogP contribution in [0.1, 0.15) is 76.2 Å². The maximum absolute atomic E-state index is 2.43. The van der Waals surface area contributed by atoms with Crippen molar-refractivity contribution in [3.8, 4) is 0 Å². The van der Waals surface area contributed by atoms with Crippen molar-refractivity contribution < 1.29 is 0 Å². The van der Waals surface area contributed by atoms with Crippen LogP contribution in [0, 0.1) is 0 Å². The zero-order valence-corrected chi connectivity index (χ0v) is 21.6. The molecular formula is C16H39P3Sn. The van der Waals surface area contributed by atoms with Crippen LogP contribution in [0.4, 0.5) is 0 Å². The van der Waals surface area contributed by atoms with Gasteiger partial charge in [0.15, 0.2) is 0 Å². The summed E-state index contributed by atoms with van der Waals surface area (Å²) in [5, 5.41) is 1.54. The van der Waals surface area contributed by atoms with E-state index < -0.39 is 0 Å². The number of hydrogen-bond donors (Lipinski definition) is 0. The monoisotopic (exact) mass is 444 g/mol. The van der Waals surface area contributed by atoms with E-state index in [0.29, 0.717) is 15.5 Å². The Morgan fingerprint density at radius 1 is 0.700 bits per heavy atom. The summed E-state index contributed by atoms with van der Waals surface area (Å²) in [6, 6.07) is 0. The molecule has 0 aromatic rings. The van der Waals surface area contributed by atoms with Crippen molar-refractivity contribution in [2.45, 2.75) is 101 Å². The zero-order chi connectivity index (χ0) is 16.6. The molecule has 0 N–H and O–H groups in total. The van der Waals surface area contributed by atoms with Gasteiger partial charge in [-0.15, -0.1) is 0 Å². The van der Waals surface area contributed by atoms with Crippen molar-refractivity contribution >= 4 is 45.0 Å². The van der Waals surface area contributed by atoms with Gasteiger partial charge in [0.05, 0.1) is 0 Å². The Balaban J connectivity index is 0. The molecule has 0 fully saturated rings. The van der Waals surface area contributed by atoms with Gasteiger partial charge in [-0.3, -0.25) is 0 Å². The van der Waals surface area contributed by atoms with E-state index in [4.69, 9.17) is 0 Å². The van der Waals surface area contributed by atoms with Crippen LogP contribution in [0.5, 0.6) is 0 Å². The van der Waals surface area contributed by atoms with Gasteiger partial charge >= 0.3 is 43.9 Å². The summed E-state index contributed by atoms with van der Waals surface area (Å²) in [5.41, 5.74) is 0. The SMILES string of the molecule is CC(C)(C)PP(PC(C)(C)C)C(C)(C)C.C[CH2][Sn][CH2]C. The van der Waals surface area contributed by atoms with Gasteiger partial charge in [-0.1, -0.05) is 86.2 Å². The molecule has 0 amide bonds. The fourth-order valence-corrected chi connectivity index (χ4v) is 17.5. The van der Waals surface area contributed by atoms with Crippen molar-refractivity contribution in [3.05, 3.63) is 0 Å². The van der Waals surface area contributed by atoms with E-state index in [1.165, 1.54) is 8.87 Å². The van der Waals surface area contributed by atoms with Crippen LogP contribution in [-0.4, -0.2) is 36.6 Å². The first-order valence-corrected chi connectivity index (χ1v) is 16.9. The third kappa shape index (κ3) is 18.1. The van der Waals surface area contributed by atoms with E-state index in [1.807, 2.05) is 0 Å². The van der Waals surface area contributed by atoms with E-state index >= 15 is 0 Å². The Bertz CT molecular complexity index is 216. The van der Waals surface area contributed by atoms with Gasteiger partial charge in [0, 0.05) is 0 Å². The Morgan fingerprint density at radius 3 is 1.10 bits per heavy atom. The van der Waals surface area contributed by atoms with E-state index in [2.05, 4.69) is 76.2 Å². The molecule has 0 aliphatic carbocycles. The molecule has 0 aromatic heterocycles. The molecule has 0 aliphatic rings. The second-order valence-corrected chi connectivity index (χ2v) is 24.5. The fraction of sp³-hybridized carbons (Fsp3) is 1.00. The average molecular weight is 443 g/mol. The second-order valence-electron chi connectivity index (χ2n) is 8.19. The normalized spacial score (nSPS) is 15.8. The standard InChI is InChI=1S/C12H29P3.2C2H5.Sn/c1-10(2,3)13-15(12(7,8)9)14-11(4,5)6;2*1-2;/h13-14H,1-9H3;2*1H2,2H3;. The molecule has 0 aromatic carbocycles. The van der Waals surface area contributed by atoms with Gasteiger partial charge < -0.3 is 0 Å². The Kier molecular flexibility index (Phi) is 13.1. The summed E-state index contributed by atoms with van der Waals surface area (Å²) in [6.45, 7) is 26.2. The molecule has 0 spiro atoms. The summed E-state index contributed by atoms with van der Waals surface area (Å²) in [4.78, 5) is 0. The molecule has 0 heterocycles. The summed E-state index contributed by atoms with van der Waals surface area (Å²) in [6.07, 6.45) is 0. The van der Waals surface area contributed by atoms with Gasteiger partial charge in [-0.25, -0.2) is 0 Å². The molecule has 0 nitrogen and oxygen atoms in total. The molecule has 20 heavy (non-hydrogen) atoms. The quantitative estimate of drug-likeness (QED) is 0.310. The van der Waals surface area contributed by atoms with Crippen LogP contribution in [0.15, 0.2) is 0 Å². The molecule has 0 aliphatic heterocycles. The summed E-state index contributed by atoms with van der Waals surface area (Å²) >= 11 is 0.218. The van der Waals surface area contributed by atoms with E-state index in [9.17, 15) is 0 Å². The van der Waals surface area contributed by atoms with Crippen LogP contribution in [-0.2, 0) is 0 Å². The minimum absolute atomic E-state index is 0.178. The molecule has 0 saturated carbocycles. The summed E-state index contributed by atoms with van der Waals surface area (Å²) in [5.74, 6) is 0. The molecule has 0 bridgehead atoms.